The lowest BCUT2D eigenvalue weighted by molar-refractivity contribution is -0.122. The average molecular weight is 363 g/mol. The number of ether oxygens (including phenoxy) is 1. The Kier molecular flexibility index (Phi) is 3.39. The highest BCUT2D eigenvalue weighted by molar-refractivity contribution is 8.16. The molecule has 0 aromatic heterocycles. The molecule has 126 valence electrons. The van der Waals surface area contributed by atoms with Crippen molar-refractivity contribution in [1.82, 2.24) is 5.32 Å². The van der Waals surface area contributed by atoms with Crippen molar-refractivity contribution in [3.8, 4) is 5.75 Å². The number of hydrogen-bond donors (Lipinski definition) is 1. The molecule has 1 aromatic rings. The van der Waals surface area contributed by atoms with Gasteiger partial charge in [0, 0.05) is 17.0 Å². The second-order valence-electron chi connectivity index (χ2n) is 7.30. The number of thioether (sulfide) groups is 1. The largest absolute Gasteiger partial charge is 0.493 e. The number of amidine groups is 1. The molecule has 2 aliphatic heterocycles. The molecular weight excluding hydrogens is 344 g/mol. The van der Waals surface area contributed by atoms with E-state index < -0.39 is 4.75 Å². The van der Waals surface area contributed by atoms with Gasteiger partial charge >= 0.3 is 0 Å². The number of benzene rings is 1. The number of nitrogens with zero attached hydrogens (tertiary/aromatic N) is 1. The number of hydrogen-bond acceptors (Lipinski definition) is 4. The third-order valence-corrected chi connectivity index (χ3v) is 7.52. The summed E-state index contributed by atoms with van der Waals surface area (Å²) in [5, 5.41) is 4.45. The fraction of sp³-hybridized carbons (Fsp3) is 0.556. The summed E-state index contributed by atoms with van der Waals surface area (Å²) in [6, 6.07) is 5.92. The van der Waals surface area contributed by atoms with Crippen LogP contribution in [0.5, 0.6) is 5.75 Å². The van der Waals surface area contributed by atoms with Crippen molar-refractivity contribution in [3.05, 3.63) is 28.8 Å². The lowest BCUT2D eigenvalue weighted by atomic mass is 9.91. The number of rotatable bonds is 1. The molecule has 4 atom stereocenters. The summed E-state index contributed by atoms with van der Waals surface area (Å²) in [5.74, 6) is 2.34. The lowest BCUT2D eigenvalue weighted by Gasteiger charge is -2.31. The van der Waals surface area contributed by atoms with Gasteiger partial charge in [-0.2, -0.15) is 0 Å². The maximum Gasteiger partial charge on any atom is 0.247 e. The van der Waals surface area contributed by atoms with Crippen molar-refractivity contribution in [2.24, 2.45) is 16.8 Å². The molecule has 1 saturated heterocycles. The third-order valence-electron chi connectivity index (χ3n) is 5.93. The highest BCUT2D eigenvalue weighted by atomic mass is 35.5. The smallest absolute Gasteiger partial charge is 0.247 e. The van der Waals surface area contributed by atoms with Crippen LogP contribution in [0, 0.1) is 11.8 Å². The van der Waals surface area contributed by atoms with Crippen molar-refractivity contribution in [3.63, 3.8) is 0 Å². The standard InChI is InChI=1S/C18H19ClN2O2S/c19-12-3-4-15-13(9-12)18(5-6-23-15)16(22)21-17(24-18)20-14-8-10-1-2-11(14)7-10/h3-4,9-11,14H,1-2,5-8H2,(H,20,21,22)/t10-,11+,14?,18?/m1/s1. The Bertz CT molecular complexity index is 753. The number of fused-ring (bicyclic) bond motifs is 4. The highest BCUT2D eigenvalue weighted by Crippen LogP contribution is 2.52. The first-order chi connectivity index (χ1) is 11.6. The minimum atomic E-state index is -0.644. The van der Waals surface area contributed by atoms with Gasteiger partial charge in [0.1, 0.15) is 10.5 Å². The van der Waals surface area contributed by atoms with E-state index in [1.54, 1.807) is 17.8 Å². The maximum absolute atomic E-state index is 12.9. The molecule has 1 amide bonds. The second kappa shape index (κ2) is 5.40. The van der Waals surface area contributed by atoms with E-state index in [4.69, 9.17) is 21.3 Å². The molecule has 6 heteroatoms. The van der Waals surface area contributed by atoms with Crippen molar-refractivity contribution in [2.45, 2.75) is 42.9 Å². The number of halogens is 1. The van der Waals surface area contributed by atoms with Gasteiger partial charge in [0.2, 0.25) is 5.91 Å². The Morgan fingerprint density at radius 3 is 3.04 bits per heavy atom. The minimum Gasteiger partial charge on any atom is -0.493 e. The van der Waals surface area contributed by atoms with Crippen LogP contribution in [0.15, 0.2) is 23.2 Å². The van der Waals surface area contributed by atoms with Gasteiger partial charge in [0.25, 0.3) is 0 Å². The fourth-order valence-corrected chi connectivity index (χ4v) is 6.17. The molecule has 24 heavy (non-hydrogen) atoms. The van der Waals surface area contributed by atoms with E-state index in [0.717, 1.165) is 22.4 Å². The minimum absolute atomic E-state index is 0.0150. The van der Waals surface area contributed by atoms with Crippen LogP contribution in [-0.2, 0) is 9.54 Å². The van der Waals surface area contributed by atoms with Crippen LogP contribution in [0.4, 0.5) is 0 Å². The van der Waals surface area contributed by atoms with E-state index in [0.29, 0.717) is 30.0 Å². The van der Waals surface area contributed by atoms with E-state index in [1.807, 2.05) is 12.1 Å². The highest BCUT2D eigenvalue weighted by Gasteiger charge is 2.52. The number of nitrogens with one attached hydrogen (secondary N) is 1. The molecular formula is C18H19ClN2O2S. The maximum atomic E-state index is 12.9. The molecule has 1 aromatic carbocycles. The van der Waals surface area contributed by atoms with Crippen LogP contribution < -0.4 is 10.1 Å². The summed E-state index contributed by atoms with van der Waals surface area (Å²) < 4.78 is 5.09. The lowest BCUT2D eigenvalue weighted by Crippen LogP contribution is -2.38. The predicted molar refractivity (Wildman–Crippen MR) is 95.6 cm³/mol. The number of aliphatic imine (C=N–C) groups is 1. The molecule has 4 nitrogen and oxygen atoms in total. The van der Waals surface area contributed by atoms with Crippen molar-refractivity contribution < 1.29 is 9.53 Å². The zero-order valence-corrected chi connectivity index (χ0v) is 14.8. The predicted octanol–water partition coefficient (Wildman–Crippen LogP) is 3.73. The molecule has 1 N–H and O–H groups in total. The Morgan fingerprint density at radius 1 is 1.33 bits per heavy atom. The van der Waals surface area contributed by atoms with E-state index in [-0.39, 0.29) is 5.91 Å². The van der Waals surface area contributed by atoms with E-state index in [1.165, 1.54) is 25.7 Å². The average Bonchev–Trinajstić information content (AvgIpc) is 3.25. The molecule has 2 unspecified atom stereocenters. The van der Waals surface area contributed by atoms with Crippen LogP contribution in [-0.4, -0.2) is 23.7 Å². The van der Waals surface area contributed by atoms with E-state index in [9.17, 15) is 4.79 Å². The van der Waals surface area contributed by atoms with Crippen LogP contribution in [0.25, 0.3) is 0 Å². The zero-order chi connectivity index (χ0) is 16.3. The van der Waals surface area contributed by atoms with Crippen molar-refractivity contribution in [2.75, 3.05) is 6.61 Å². The van der Waals surface area contributed by atoms with Crippen LogP contribution in [0.1, 0.15) is 37.7 Å². The first kappa shape index (κ1) is 15.1. The topological polar surface area (TPSA) is 50.7 Å². The fourth-order valence-electron chi connectivity index (χ4n) is 4.74. The Balaban J connectivity index is 1.48. The summed E-state index contributed by atoms with van der Waals surface area (Å²) in [6.07, 6.45) is 5.80. The first-order valence-electron chi connectivity index (χ1n) is 8.65. The van der Waals surface area contributed by atoms with Gasteiger partial charge in [0.15, 0.2) is 5.17 Å². The second-order valence-corrected chi connectivity index (χ2v) is 9.02. The normalized spacial score (nSPS) is 38.5. The van der Waals surface area contributed by atoms with Gasteiger partial charge in [-0.15, -0.1) is 0 Å². The summed E-state index contributed by atoms with van der Waals surface area (Å²) in [7, 11) is 0. The van der Waals surface area contributed by atoms with E-state index >= 15 is 0 Å². The van der Waals surface area contributed by atoms with E-state index in [2.05, 4.69) is 5.32 Å². The Labute approximate surface area is 150 Å². The summed E-state index contributed by atoms with van der Waals surface area (Å²) in [6.45, 7) is 0.538. The molecule has 0 radical (unpaired) electrons. The van der Waals surface area contributed by atoms with Gasteiger partial charge < -0.3 is 10.1 Å². The molecule has 3 fully saturated rings. The van der Waals surface area contributed by atoms with Gasteiger partial charge in [-0.05, 0) is 49.3 Å². The molecule has 4 aliphatic rings. The summed E-state index contributed by atoms with van der Waals surface area (Å²) >= 11 is 7.73. The molecule has 2 saturated carbocycles. The first-order valence-corrected chi connectivity index (χ1v) is 9.84. The SMILES string of the molecule is O=C1NC(=NC2C[C@@H]3CC[C@H]2C3)SC12CCOc1ccc(Cl)cc12. The molecule has 2 aliphatic carbocycles. The third kappa shape index (κ3) is 2.21. The number of carbonyl (C=O) groups excluding carboxylic acids is 1. The van der Waals surface area contributed by atoms with Crippen LogP contribution >= 0.6 is 23.4 Å². The molecule has 2 heterocycles. The van der Waals surface area contributed by atoms with Crippen LogP contribution in [0.2, 0.25) is 5.02 Å². The summed E-state index contributed by atoms with van der Waals surface area (Å²) in [4.78, 5) is 17.8. The molecule has 1 spiro atoms. The van der Waals surface area contributed by atoms with Gasteiger partial charge in [-0.25, -0.2) is 0 Å². The number of amides is 1. The van der Waals surface area contributed by atoms with Gasteiger partial charge in [-0.3, -0.25) is 9.79 Å². The summed E-state index contributed by atoms with van der Waals surface area (Å²) in [5.41, 5.74) is 0.877. The quantitative estimate of drug-likeness (QED) is 0.828. The van der Waals surface area contributed by atoms with Crippen molar-refractivity contribution in [1.29, 1.82) is 0 Å². The van der Waals surface area contributed by atoms with Crippen molar-refractivity contribution >= 4 is 34.4 Å². The zero-order valence-electron chi connectivity index (χ0n) is 13.3. The Morgan fingerprint density at radius 2 is 2.25 bits per heavy atom. The van der Waals surface area contributed by atoms with Gasteiger partial charge in [0.05, 0.1) is 12.6 Å². The monoisotopic (exact) mass is 362 g/mol. The van der Waals surface area contributed by atoms with Crippen LogP contribution in [0.3, 0.4) is 0 Å². The Hall–Kier alpha value is -1.20. The van der Waals surface area contributed by atoms with Gasteiger partial charge in [-0.1, -0.05) is 29.8 Å². The number of carbonyl (C=O) groups is 1. The molecule has 2 bridgehead atoms. The molecule has 5 rings (SSSR count).